The molecule has 2 heterocycles. The lowest BCUT2D eigenvalue weighted by Gasteiger charge is -2.28. The van der Waals surface area contributed by atoms with E-state index in [0.717, 1.165) is 0 Å². The maximum Gasteiger partial charge on any atom is 0.152 e. The van der Waals surface area contributed by atoms with Crippen LogP contribution >= 0.6 is 0 Å². The van der Waals surface area contributed by atoms with E-state index in [1.807, 2.05) is 36.1 Å². The van der Waals surface area contributed by atoms with E-state index >= 15 is 0 Å². The van der Waals surface area contributed by atoms with Crippen LogP contribution in [0.2, 0.25) is 0 Å². The van der Waals surface area contributed by atoms with Crippen LogP contribution < -0.4 is 19.7 Å². The molecule has 1 saturated heterocycles. The minimum Gasteiger partial charge on any atom is -0.497 e. The van der Waals surface area contributed by atoms with Gasteiger partial charge < -0.3 is 19.7 Å². The third kappa shape index (κ3) is 4.41. The van der Waals surface area contributed by atoms with Crippen molar-refractivity contribution < 1.29 is 17.9 Å². The van der Waals surface area contributed by atoms with Crippen LogP contribution in [0.4, 0.5) is 17.3 Å². The number of benzene rings is 1. The van der Waals surface area contributed by atoms with Crippen LogP contribution in [0.25, 0.3) is 0 Å². The Balaban J connectivity index is 1.85. The molecule has 0 amide bonds. The van der Waals surface area contributed by atoms with Gasteiger partial charge in [0.25, 0.3) is 0 Å². The van der Waals surface area contributed by atoms with Crippen molar-refractivity contribution in [2.24, 2.45) is 0 Å². The van der Waals surface area contributed by atoms with Crippen molar-refractivity contribution in [3.63, 3.8) is 0 Å². The summed E-state index contributed by atoms with van der Waals surface area (Å²) in [4.78, 5) is 10.6. The minimum atomic E-state index is -2.97. The van der Waals surface area contributed by atoms with E-state index < -0.39 is 9.84 Å². The molecule has 27 heavy (non-hydrogen) atoms. The van der Waals surface area contributed by atoms with E-state index in [2.05, 4.69) is 15.3 Å². The number of rotatable bonds is 7. The van der Waals surface area contributed by atoms with Gasteiger partial charge in [-0.15, -0.1) is 0 Å². The zero-order chi connectivity index (χ0) is 19.4. The van der Waals surface area contributed by atoms with Crippen LogP contribution in [-0.4, -0.2) is 56.7 Å². The van der Waals surface area contributed by atoms with Crippen LogP contribution in [-0.2, 0) is 9.84 Å². The zero-order valence-corrected chi connectivity index (χ0v) is 16.5. The number of hydrogen-bond donors (Lipinski definition) is 1. The lowest BCUT2D eigenvalue weighted by molar-refractivity contribution is 0.405. The standard InChI is InChI=1S/C18H24N4O4S/c1-4-22(13-7-8-27(23,24)11-13)18-10-17(19-12-20-18)21-15-9-14(25-2)5-6-16(15)26-3/h5-6,9-10,12-13H,4,7-8,11H2,1-3H3,(H,19,20,21). The van der Waals surface area contributed by atoms with Gasteiger partial charge in [-0.3, -0.25) is 0 Å². The fraction of sp³-hybridized carbons (Fsp3) is 0.444. The van der Waals surface area contributed by atoms with Gasteiger partial charge in [-0.2, -0.15) is 0 Å². The number of methoxy groups -OCH3 is 2. The molecular formula is C18H24N4O4S. The fourth-order valence-corrected chi connectivity index (χ4v) is 4.98. The Kier molecular flexibility index (Phi) is 5.69. The average Bonchev–Trinajstić information content (AvgIpc) is 3.02. The Labute approximate surface area is 159 Å². The molecular weight excluding hydrogens is 368 g/mol. The Hall–Kier alpha value is -2.55. The number of nitrogens with zero attached hydrogens (tertiary/aromatic N) is 3. The third-order valence-corrected chi connectivity index (χ3v) is 6.36. The van der Waals surface area contributed by atoms with Crippen LogP contribution in [0, 0.1) is 0 Å². The monoisotopic (exact) mass is 392 g/mol. The van der Waals surface area contributed by atoms with Crippen molar-refractivity contribution in [2.45, 2.75) is 19.4 Å². The first-order chi connectivity index (χ1) is 13.0. The summed E-state index contributed by atoms with van der Waals surface area (Å²) < 4.78 is 34.3. The van der Waals surface area contributed by atoms with Crippen molar-refractivity contribution >= 4 is 27.2 Å². The second kappa shape index (κ2) is 7.99. The molecule has 1 aromatic carbocycles. The maximum atomic E-state index is 11.8. The highest BCUT2D eigenvalue weighted by Crippen LogP contribution is 2.32. The number of hydrogen-bond acceptors (Lipinski definition) is 8. The van der Waals surface area contributed by atoms with Crippen molar-refractivity contribution in [3.8, 4) is 11.5 Å². The van der Waals surface area contributed by atoms with Gasteiger partial charge in [0, 0.05) is 24.7 Å². The molecule has 3 rings (SSSR count). The number of nitrogens with one attached hydrogen (secondary N) is 1. The molecule has 8 nitrogen and oxygen atoms in total. The highest BCUT2D eigenvalue weighted by atomic mass is 32.2. The molecule has 0 bridgehead atoms. The quantitative estimate of drug-likeness (QED) is 0.767. The van der Waals surface area contributed by atoms with Crippen molar-refractivity contribution in [1.29, 1.82) is 0 Å². The molecule has 9 heteroatoms. The first-order valence-electron chi connectivity index (χ1n) is 8.74. The van der Waals surface area contributed by atoms with E-state index in [1.165, 1.54) is 6.33 Å². The summed E-state index contributed by atoms with van der Waals surface area (Å²) >= 11 is 0. The average molecular weight is 392 g/mol. The topological polar surface area (TPSA) is 93.7 Å². The molecule has 0 spiro atoms. The maximum absolute atomic E-state index is 11.8. The molecule has 1 aromatic heterocycles. The number of aromatic nitrogens is 2. The second-order valence-electron chi connectivity index (χ2n) is 6.30. The predicted molar refractivity (Wildman–Crippen MR) is 105 cm³/mol. The molecule has 0 aliphatic carbocycles. The summed E-state index contributed by atoms with van der Waals surface area (Å²) in [5.74, 6) is 3.02. The van der Waals surface area contributed by atoms with Crippen LogP contribution in [0.15, 0.2) is 30.6 Å². The van der Waals surface area contributed by atoms with Crippen LogP contribution in [0.1, 0.15) is 13.3 Å². The largest absolute Gasteiger partial charge is 0.497 e. The number of sulfone groups is 1. The predicted octanol–water partition coefficient (Wildman–Crippen LogP) is 2.25. The normalized spacial score (nSPS) is 18.1. The van der Waals surface area contributed by atoms with Crippen molar-refractivity contribution in [2.75, 3.05) is 42.5 Å². The summed E-state index contributed by atoms with van der Waals surface area (Å²) in [6, 6.07) is 7.20. The molecule has 2 aromatic rings. The smallest absolute Gasteiger partial charge is 0.152 e. The van der Waals surface area contributed by atoms with E-state index in [-0.39, 0.29) is 17.5 Å². The van der Waals surface area contributed by atoms with Crippen molar-refractivity contribution in [1.82, 2.24) is 9.97 Å². The molecule has 1 aliphatic heterocycles. The first kappa shape index (κ1) is 19.2. The van der Waals surface area contributed by atoms with Gasteiger partial charge in [0.1, 0.15) is 29.5 Å². The molecule has 0 radical (unpaired) electrons. The van der Waals surface area contributed by atoms with E-state index in [4.69, 9.17) is 9.47 Å². The van der Waals surface area contributed by atoms with E-state index in [1.54, 1.807) is 14.2 Å². The highest BCUT2D eigenvalue weighted by molar-refractivity contribution is 7.91. The highest BCUT2D eigenvalue weighted by Gasteiger charge is 2.32. The molecule has 1 N–H and O–H groups in total. The zero-order valence-electron chi connectivity index (χ0n) is 15.7. The molecule has 1 aliphatic rings. The first-order valence-corrected chi connectivity index (χ1v) is 10.6. The summed E-state index contributed by atoms with van der Waals surface area (Å²) in [6.07, 6.45) is 2.09. The summed E-state index contributed by atoms with van der Waals surface area (Å²) in [7, 11) is 0.230. The Morgan fingerprint density at radius 2 is 2.04 bits per heavy atom. The minimum absolute atomic E-state index is 0.0610. The van der Waals surface area contributed by atoms with Gasteiger partial charge in [0.05, 0.1) is 31.4 Å². The van der Waals surface area contributed by atoms with Crippen LogP contribution in [0.5, 0.6) is 11.5 Å². The van der Waals surface area contributed by atoms with Gasteiger partial charge >= 0.3 is 0 Å². The molecule has 146 valence electrons. The van der Waals surface area contributed by atoms with Gasteiger partial charge in [0.15, 0.2) is 9.84 Å². The summed E-state index contributed by atoms with van der Waals surface area (Å²) in [5.41, 5.74) is 0.716. The SMILES string of the molecule is CCN(c1cc(Nc2cc(OC)ccc2OC)ncn1)C1CCS(=O)(=O)C1. The van der Waals surface area contributed by atoms with Crippen LogP contribution in [0.3, 0.4) is 0 Å². The molecule has 1 unspecified atom stereocenters. The Bertz CT molecular complexity index is 904. The molecule has 1 fully saturated rings. The Morgan fingerprint density at radius 3 is 2.67 bits per heavy atom. The van der Waals surface area contributed by atoms with Gasteiger partial charge in [0.2, 0.25) is 0 Å². The molecule has 0 saturated carbocycles. The lowest BCUT2D eigenvalue weighted by atomic mass is 10.2. The fourth-order valence-electron chi connectivity index (χ4n) is 3.25. The molecule has 1 atom stereocenters. The number of anilines is 3. The lowest BCUT2D eigenvalue weighted by Crippen LogP contribution is -2.36. The van der Waals surface area contributed by atoms with Gasteiger partial charge in [-0.25, -0.2) is 18.4 Å². The number of ether oxygens (including phenoxy) is 2. The van der Waals surface area contributed by atoms with E-state index in [9.17, 15) is 8.42 Å². The Morgan fingerprint density at radius 1 is 1.22 bits per heavy atom. The second-order valence-corrected chi connectivity index (χ2v) is 8.52. The summed E-state index contributed by atoms with van der Waals surface area (Å²) in [5, 5.41) is 3.22. The van der Waals surface area contributed by atoms with Crippen molar-refractivity contribution in [3.05, 3.63) is 30.6 Å². The van der Waals surface area contributed by atoms with E-state index in [0.29, 0.717) is 41.8 Å². The van der Waals surface area contributed by atoms with Gasteiger partial charge in [-0.1, -0.05) is 0 Å². The summed E-state index contributed by atoms with van der Waals surface area (Å²) in [6.45, 7) is 2.66. The van der Waals surface area contributed by atoms with Gasteiger partial charge in [-0.05, 0) is 25.5 Å². The third-order valence-electron chi connectivity index (χ3n) is 4.61.